The van der Waals surface area contributed by atoms with Crippen LogP contribution in [0.15, 0.2) is 18.2 Å². The molecule has 4 heteroatoms. The lowest BCUT2D eigenvalue weighted by atomic mass is 10.2. The zero-order valence-electron chi connectivity index (χ0n) is 9.13. The molecule has 84 valence electrons. The van der Waals surface area contributed by atoms with Gasteiger partial charge < -0.3 is 10.1 Å². The molecule has 0 radical (unpaired) electrons. The van der Waals surface area contributed by atoms with E-state index in [2.05, 4.69) is 17.2 Å². The molecule has 0 aromatic heterocycles. The minimum absolute atomic E-state index is 0.139. The smallest absolute Gasteiger partial charge is 0.217 e. The predicted molar refractivity (Wildman–Crippen MR) is 58.5 cm³/mol. The highest BCUT2D eigenvalue weighted by atomic mass is 19.1. The summed E-state index contributed by atoms with van der Waals surface area (Å²) in [6.45, 7) is 1.68. The van der Waals surface area contributed by atoms with Crippen LogP contribution >= 0.6 is 0 Å². The van der Waals surface area contributed by atoms with Gasteiger partial charge in [0.05, 0.1) is 19.2 Å². The molecule has 0 unspecified atom stereocenters. The Bertz CT molecular complexity index is 446. The van der Waals surface area contributed by atoms with Gasteiger partial charge in [-0.1, -0.05) is 11.8 Å². The van der Waals surface area contributed by atoms with Crippen LogP contribution in [0.3, 0.4) is 0 Å². The third kappa shape index (κ3) is 3.62. The lowest BCUT2D eigenvalue weighted by Crippen LogP contribution is -2.19. The van der Waals surface area contributed by atoms with Gasteiger partial charge in [-0.15, -0.1) is 0 Å². The van der Waals surface area contributed by atoms with Crippen LogP contribution in [0.2, 0.25) is 0 Å². The molecule has 3 nitrogen and oxygen atoms in total. The van der Waals surface area contributed by atoms with Crippen molar-refractivity contribution in [3.05, 3.63) is 29.6 Å². The van der Waals surface area contributed by atoms with E-state index in [1.54, 1.807) is 0 Å². The summed E-state index contributed by atoms with van der Waals surface area (Å²) in [5.41, 5.74) is 0.592. The number of halogens is 1. The van der Waals surface area contributed by atoms with Crippen molar-refractivity contribution in [3.63, 3.8) is 0 Å². The average Bonchev–Trinajstić information content (AvgIpc) is 2.25. The minimum Gasteiger partial charge on any atom is -0.495 e. The fraction of sp³-hybridized carbons (Fsp3) is 0.250. The fourth-order valence-electron chi connectivity index (χ4n) is 1.08. The largest absolute Gasteiger partial charge is 0.495 e. The van der Waals surface area contributed by atoms with E-state index < -0.39 is 0 Å². The molecule has 1 N–H and O–H groups in total. The van der Waals surface area contributed by atoms with Crippen molar-refractivity contribution >= 4 is 5.91 Å². The van der Waals surface area contributed by atoms with Crippen LogP contribution in [-0.4, -0.2) is 19.6 Å². The number of amides is 1. The van der Waals surface area contributed by atoms with Gasteiger partial charge in [0.1, 0.15) is 11.6 Å². The highest BCUT2D eigenvalue weighted by Crippen LogP contribution is 2.17. The molecule has 0 aliphatic heterocycles. The molecule has 1 aromatic rings. The van der Waals surface area contributed by atoms with E-state index in [-0.39, 0.29) is 18.3 Å². The molecule has 0 saturated heterocycles. The Labute approximate surface area is 93.6 Å². The first kappa shape index (κ1) is 12.1. The Balaban J connectivity index is 2.76. The van der Waals surface area contributed by atoms with Gasteiger partial charge in [0, 0.05) is 13.0 Å². The first-order valence-corrected chi connectivity index (χ1v) is 4.70. The molecular formula is C12H12FNO2. The Morgan fingerprint density at radius 1 is 1.56 bits per heavy atom. The molecule has 0 saturated carbocycles. The van der Waals surface area contributed by atoms with Crippen molar-refractivity contribution in [2.45, 2.75) is 6.92 Å². The topological polar surface area (TPSA) is 38.3 Å². The van der Waals surface area contributed by atoms with Gasteiger partial charge in [0.2, 0.25) is 5.91 Å². The summed E-state index contributed by atoms with van der Waals surface area (Å²) in [6.07, 6.45) is 0. The Kier molecular flexibility index (Phi) is 4.34. The Morgan fingerprint density at radius 2 is 2.31 bits per heavy atom. The molecule has 0 aliphatic rings. The number of hydrogen-bond acceptors (Lipinski definition) is 2. The Hall–Kier alpha value is -2.02. The minimum atomic E-state index is -0.371. The second-order valence-corrected chi connectivity index (χ2v) is 3.06. The first-order valence-electron chi connectivity index (χ1n) is 4.70. The number of rotatable bonds is 2. The summed E-state index contributed by atoms with van der Waals surface area (Å²) in [7, 11) is 1.45. The van der Waals surface area contributed by atoms with Crippen molar-refractivity contribution in [1.82, 2.24) is 5.32 Å². The summed E-state index contributed by atoms with van der Waals surface area (Å²) in [6, 6.07) is 4.11. The van der Waals surface area contributed by atoms with E-state index in [9.17, 15) is 9.18 Å². The number of carbonyl (C=O) groups excluding carboxylic acids is 1. The molecule has 0 heterocycles. The van der Waals surface area contributed by atoms with Crippen LogP contribution in [0.5, 0.6) is 5.75 Å². The van der Waals surface area contributed by atoms with Gasteiger partial charge in [-0.25, -0.2) is 4.39 Å². The van der Waals surface area contributed by atoms with Gasteiger partial charge in [-0.05, 0) is 12.1 Å². The van der Waals surface area contributed by atoms with Crippen LogP contribution < -0.4 is 10.1 Å². The van der Waals surface area contributed by atoms with Gasteiger partial charge in [-0.3, -0.25) is 4.79 Å². The number of carbonyl (C=O) groups is 1. The molecular weight excluding hydrogens is 209 g/mol. The summed E-state index contributed by atoms with van der Waals surface area (Å²) in [4.78, 5) is 10.6. The molecule has 0 aliphatic carbocycles. The van der Waals surface area contributed by atoms with Crippen LogP contribution in [0, 0.1) is 17.7 Å². The van der Waals surface area contributed by atoms with E-state index in [0.29, 0.717) is 11.3 Å². The van der Waals surface area contributed by atoms with Crippen LogP contribution in [0.4, 0.5) is 4.39 Å². The zero-order valence-corrected chi connectivity index (χ0v) is 9.13. The van der Waals surface area contributed by atoms with Crippen LogP contribution in [-0.2, 0) is 4.79 Å². The number of ether oxygens (including phenoxy) is 1. The highest BCUT2D eigenvalue weighted by molar-refractivity contribution is 5.73. The Morgan fingerprint density at radius 3 is 2.94 bits per heavy atom. The fourth-order valence-corrected chi connectivity index (χ4v) is 1.08. The zero-order chi connectivity index (χ0) is 12.0. The second kappa shape index (κ2) is 5.76. The third-order valence-corrected chi connectivity index (χ3v) is 1.81. The average molecular weight is 221 g/mol. The quantitative estimate of drug-likeness (QED) is 0.765. The van der Waals surface area contributed by atoms with E-state index in [4.69, 9.17) is 4.74 Å². The van der Waals surface area contributed by atoms with E-state index in [1.165, 1.54) is 32.2 Å². The van der Waals surface area contributed by atoms with E-state index >= 15 is 0 Å². The molecule has 0 fully saturated rings. The highest BCUT2D eigenvalue weighted by Gasteiger charge is 2.00. The molecule has 1 aromatic carbocycles. The molecule has 1 amide bonds. The number of benzene rings is 1. The number of methoxy groups -OCH3 is 1. The predicted octanol–water partition coefficient (Wildman–Crippen LogP) is 1.32. The molecule has 0 bridgehead atoms. The maximum Gasteiger partial charge on any atom is 0.217 e. The number of nitrogens with one attached hydrogen (secondary N) is 1. The van der Waals surface area contributed by atoms with Crippen molar-refractivity contribution in [2.75, 3.05) is 13.7 Å². The van der Waals surface area contributed by atoms with Crippen LogP contribution in [0.25, 0.3) is 0 Å². The summed E-state index contributed by atoms with van der Waals surface area (Å²) < 4.78 is 17.8. The molecule has 0 spiro atoms. The van der Waals surface area contributed by atoms with Crippen molar-refractivity contribution < 1.29 is 13.9 Å². The molecule has 1 rings (SSSR count). The lowest BCUT2D eigenvalue weighted by molar-refractivity contribution is -0.118. The second-order valence-electron chi connectivity index (χ2n) is 3.06. The standard InChI is InChI=1S/C12H12FNO2/c1-9(15)14-7-3-4-10-5-6-11(13)8-12(10)16-2/h5-6,8H,7H2,1-2H3,(H,14,15). The van der Waals surface area contributed by atoms with Crippen molar-refractivity contribution in [1.29, 1.82) is 0 Å². The molecule has 16 heavy (non-hydrogen) atoms. The monoisotopic (exact) mass is 221 g/mol. The van der Waals surface area contributed by atoms with Crippen molar-refractivity contribution in [2.24, 2.45) is 0 Å². The summed E-state index contributed by atoms with van der Waals surface area (Å²) >= 11 is 0. The van der Waals surface area contributed by atoms with E-state index in [0.717, 1.165) is 0 Å². The van der Waals surface area contributed by atoms with Gasteiger partial charge in [0.25, 0.3) is 0 Å². The lowest BCUT2D eigenvalue weighted by Gasteiger charge is -2.02. The summed E-state index contributed by atoms with van der Waals surface area (Å²) in [5, 5.41) is 2.54. The van der Waals surface area contributed by atoms with Crippen molar-refractivity contribution in [3.8, 4) is 17.6 Å². The SMILES string of the molecule is COc1cc(F)ccc1C#CCNC(C)=O. The number of hydrogen-bond donors (Lipinski definition) is 1. The molecule has 0 atom stereocenters. The third-order valence-electron chi connectivity index (χ3n) is 1.81. The normalized spacial score (nSPS) is 8.94. The van der Waals surface area contributed by atoms with Crippen LogP contribution in [0.1, 0.15) is 12.5 Å². The van der Waals surface area contributed by atoms with E-state index in [1.807, 2.05) is 0 Å². The van der Waals surface area contributed by atoms with Gasteiger partial charge in [0.15, 0.2) is 0 Å². The van der Waals surface area contributed by atoms with Gasteiger partial charge >= 0.3 is 0 Å². The first-order chi connectivity index (χ1) is 7.63. The maximum atomic E-state index is 12.8. The van der Waals surface area contributed by atoms with Gasteiger partial charge in [-0.2, -0.15) is 0 Å². The summed E-state index contributed by atoms with van der Waals surface area (Å²) in [5.74, 6) is 5.41. The maximum absolute atomic E-state index is 12.8.